The van der Waals surface area contributed by atoms with E-state index in [1.165, 1.54) is 56.2 Å². The number of esters is 1. The van der Waals surface area contributed by atoms with Crippen molar-refractivity contribution in [1.82, 2.24) is 0 Å². The predicted octanol–water partition coefficient (Wildman–Crippen LogP) is 8.12. The Hall–Kier alpha value is -3.40. The van der Waals surface area contributed by atoms with Gasteiger partial charge in [-0.15, -0.1) is 0 Å². The van der Waals surface area contributed by atoms with Crippen molar-refractivity contribution in [1.29, 1.82) is 0 Å². The second-order valence-corrected chi connectivity index (χ2v) is 11.5. The monoisotopic (exact) mass is 510 g/mol. The molecule has 0 atom stereocenters. The Kier molecular flexibility index (Phi) is 6.82. The van der Waals surface area contributed by atoms with Crippen LogP contribution in [-0.2, 0) is 21.6 Å². The quantitative estimate of drug-likeness (QED) is 0.227. The molecular weight excluding hydrogens is 475 g/mol. The van der Waals surface area contributed by atoms with Gasteiger partial charge in [0.2, 0.25) is 0 Å². The smallest absolute Gasteiger partial charge is 0.330 e. The van der Waals surface area contributed by atoms with Crippen molar-refractivity contribution < 1.29 is 18.7 Å². The Morgan fingerprint density at radius 3 is 2.34 bits per heavy atom. The van der Waals surface area contributed by atoms with Gasteiger partial charge in [0.25, 0.3) is 0 Å². The van der Waals surface area contributed by atoms with Gasteiger partial charge < -0.3 is 9.47 Å². The molecule has 0 aliphatic heterocycles. The van der Waals surface area contributed by atoms with Crippen molar-refractivity contribution in [3.05, 3.63) is 95.3 Å². The molecule has 0 unspecified atom stereocenters. The molecule has 0 heterocycles. The van der Waals surface area contributed by atoms with E-state index in [1.54, 1.807) is 19.1 Å². The molecule has 196 valence electrons. The summed E-state index contributed by atoms with van der Waals surface area (Å²) in [6.45, 7) is 2.61. The summed E-state index contributed by atoms with van der Waals surface area (Å²) in [4.78, 5) is 11.8. The first-order chi connectivity index (χ1) is 18.5. The SMILES string of the molecule is CCOC(=O)C=Cc1ccc(F)c(-c2ccc(OCc3ccccc3)c(C34CC5CC(CC(C5)C3)C4)c2)c1. The first-order valence-electron chi connectivity index (χ1n) is 14.0. The van der Waals surface area contributed by atoms with Crippen LogP contribution in [0.15, 0.2) is 72.8 Å². The third kappa shape index (κ3) is 5.01. The van der Waals surface area contributed by atoms with Gasteiger partial charge >= 0.3 is 5.97 Å². The Balaban J connectivity index is 1.37. The number of rotatable bonds is 8. The maximum atomic E-state index is 15.2. The Morgan fingerprint density at radius 2 is 1.66 bits per heavy atom. The van der Waals surface area contributed by atoms with Crippen LogP contribution in [0.4, 0.5) is 4.39 Å². The summed E-state index contributed by atoms with van der Waals surface area (Å²) in [5.41, 5.74) is 4.64. The van der Waals surface area contributed by atoms with Crippen LogP contribution in [0.2, 0.25) is 0 Å². The third-order valence-corrected chi connectivity index (χ3v) is 8.83. The minimum atomic E-state index is -0.401. The highest BCUT2D eigenvalue weighted by Gasteiger charge is 2.52. The zero-order chi connectivity index (χ0) is 26.1. The highest BCUT2D eigenvalue weighted by molar-refractivity contribution is 5.87. The molecule has 4 bridgehead atoms. The van der Waals surface area contributed by atoms with E-state index in [-0.39, 0.29) is 11.2 Å². The topological polar surface area (TPSA) is 35.5 Å². The maximum absolute atomic E-state index is 15.2. The highest BCUT2D eigenvalue weighted by atomic mass is 19.1. The van der Waals surface area contributed by atoms with E-state index >= 15 is 4.39 Å². The minimum absolute atomic E-state index is 0.106. The highest BCUT2D eigenvalue weighted by Crippen LogP contribution is 2.62. The van der Waals surface area contributed by atoms with Crippen molar-refractivity contribution in [2.24, 2.45) is 17.8 Å². The Labute approximate surface area is 224 Å². The van der Waals surface area contributed by atoms with E-state index in [4.69, 9.17) is 9.47 Å². The van der Waals surface area contributed by atoms with Gasteiger partial charge in [-0.25, -0.2) is 9.18 Å². The van der Waals surface area contributed by atoms with Gasteiger partial charge in [0, 0.05) is 17.2 Å². The van der Waals surface area contributed by atoms with Gasteiger partial charge in [0.05, 0.1) is 6.61 Å². The zero-order valence-corrected chi connectivity index (χ0v) is 22.0. The largest absolute Gasteiger partial charge is 0.489 e. The number of hydrogen-bond acceptors (Lipinski definition) is 3. The second kappa shape index (κ2) is 10.4. The molecule has 4 fully saturated rings. The van der Waals surface area contributed by atoms with E-state index in [9.17, 15) is 4.79 Å². The first-order valence-corrected chi connectivity index (χ1v) is 14.0. The molecule has 0 radical (unpaired) electrons. The molecule has 4 saturated carbocycles. The van der Waals surface area contributed by atoms with Gasteiger partial charge in [0.1, 0.15) is 18.2 Å². The molecule has 3 aromatic carbocycles. The molecule has 4 heteroatoms. The van der Waals surface area contributed by atoms with Crippen LogP contribution in [0.5, 0.6) is 5.75 Å². The molecule has 0 amide bonds. The molecule has 7 rings (SSSR count). The first kappa shape index (κ1) is 24.9. The van der Waals surface area contributed by atoms with Crippen molar-refractivity contribution in [3.8, 4) is 16.9 Å². The van der Waals surface area contributed by atoms with Crippen molar-refractivity contribution in [2.45, 2.75) is 57.5 Å². The van der Waals surface area contributed by atoms with Crippen molar-refractivity contribution in [3.63, 3.8) is 0 Å². The fourth-order valence-corrected chi connectivity index (χ4v) is 7.64. The molecule has 0 spiro atoms. The molecule has 4 aliphatic carbocycles. The fourth-order valence-electron chi connectivity index (χ4n) is 7.64. The van der Waals surface area contributed by atoms with Crippen LogP contribution in [0.3, 0.4) is 0 Å². The van der Waals surface area contributed by atoms with Crippen LogP contribution < -0.4 is 4.74 Å². The Morgan fingerprint density at radius 1 is 0.947 bits per heavy atom. The summed E-state index contributed by atoms with van der Waals surface area (Å²) in [5.74, 6) is 2.63. The lowest BCUT2D eigenvalue weighted by molar-refractivity contribution is -0.137. The summed E-state index contributed by atoms with van der Waals surface area (Å²) in [7, 11) is 0. The van der Waals surface area contributed by atoms with Gasteiger partial charge in [-0.1, -0.05) is 42.5 Å². The summed E-state index contributed by atoms with van der Waals surface area (Å²) < 4.78 is 26.7. The number of carbonyl (C=O) groups is 1. The van der Waals surface area contributed by atoms with E-state index in [0.717, 1.165) is 40.2 Å². The van der Waals surface area contributed by atoms with E-state index in [2.05, 4.69) is 18.2 Å². The average molecular weight is 511 g/mol. The van der Waals surface area contributed by atoms with Crippen LogP contribution >= 0.6 is 0 Å². The number of halogens is 1. The van der Waals surface area contributed by atoms with E-state index in [0.29, 0.717) is 18.8 Å². The molecular formula is C34H35FO3. The summed E-state index contributed by atoms with van der Waals surface area (Å²) >= 11 is 0. The second-order valence-electron chi connectivity index (χ2n) is 11.5. The van der Waals surface area contributed by atoms with E-state index < -0.39 is 5.97 Å². The maximum Gasteiger partial charge on any atom is 0.330 e. The number of benzene rings is 3. The molecule has 3 nitrogen and oxygen atoms in total. The predicted molar refractivity (Wildman–Crippen MR) is 148 cm³/mol. The summed E-state index contributed by atoms with van der Waals surface area (Å²) in [6, 6.07) is 21.5. The molecule has 0 aromatic heterocycles. The molecule has 38 heavy (non-hydrogen) atoms. The standard InChI is InChI=1S/C34H35FO3/c1-2-37-33(36)13-9-23-8-11-31(35)29(17-23)28-10-12-32(38-22-24-6-4-3-5-7-24)30(18-28)34-19-25-14-26(20-34)16-27(15-25)21-34/h3-13,17-18,25-27H,2,14-16,19-22H2,1H3. The van der Waals surface area contributed by atoms with Crippen molar-refractivity contribution >= 4 is 12.0 Å². The molecule has 3 aromatic rings. The molecule has 0 N–H and O–H groups in total. The minimum Gasteiger partial charge on any atom is -0.489 e. The van der Waals surface area contributed by atoms with Crippen LogP contribution in [-0.4, -0.2) is 12.6 Å². The summed E-state index contributed by atoms with van der Waals surface area (Å²) in [5, 5.41) is 0. The van der Waals surface area contributed by atoms with Crippen LogP contribution in [0, 0.1) is 23.6 Å². The van der Waals surface area contributed by atoms with Crippen LogP contribution in [0.1, 0.15) is 62.1 Å². The average Bonchev–Trinajstić information content (AvgIpc) is 2.91. The lowest BCUT2D eigenvalue weighted by atomic mass is 9.48. The fraction of sp³-hybridized carbons (Fsp3) is 0.382. The van der Waals surface area contributed by atoms with Crippen molar-refractivity contribution in [2.75, 3.05) is 6.61 Å². The Bertz CT molecular complexity index is 1310. The van der Waals surface area contributed by atoms with Gasteiger partial charge in [-0.2, -0.15) is 0 Å². The van der Waals surface area contributed by atoms with Gasteiger partial charge in [0.15, 0.2) is 0 Å². The molecule has 4 aliphatic rings. The lowest BCUT2D eigenvalue weighted by Gasteiger charge is -2.57. The number of carbonyl (C=O) groups excluding carboxylic acids is 1. The lowest BCUT2D eigenvalue weighted by Crippen LogP contribution is -2.48. The van der Waals surface area contributed by atoms with Gasteiger partial charge in [-0.3, -0.25) is 0 Å². The third-order valence-electron chi connectivity index (χ3n) is 8.83. The molecule has 0 saturated heterocycles. The van der Waals surface area contributed by atoms with Crippen LogP contribution in [0.25, 0.3) is 17.2 Å². The normalized spacial score (nSPS) is 25.6. The van der Waals surface area contributed by atoms with E-state index in [1.807, 2.05) is 36.4 Å². The number of ether oxygens (including phenoxy) is 2. The van der Waals surface area contributed by atoms with Gasteiger partial charge in [-0.05, 0) is 116 Å². The number of hydrogen-bond donors (Lipinski definition) is 0. The summed E-state index contributed by atoms with van der Waals surface area (Å²) in [6.07, 6.45) is 10.8. The zero-order valence-electron chi connectivity index (χ0n) is 22.0.